The predicted molar refractivity (Wildman–Crippen MR) is 117 cm³/mol. The minimum Gasteiger partial charge on any atom is -0.497 e. The van der Waals surface area contributed by atoms with Gasteiger partial charge in [0, 0.05) is 34.8 Å². The Balaban J connectivity index is 1.58. The van der Waals surface area contributed by atoms with Gasteiger partial charge in [0.1, 0.15) is 22.7 Å². The summed E-state index contributed by atoms with van der Waals surface area (Å²) < 4.78 is 12.2. The second-order valence-electron chi connectivity index (χ2n) is 6.52. The third-order valence-corrected chi connectivity index (χ3v) is 5.54. The number of benzene rings is 2. The number of amides is 1. The molecule has 0 unspecified atom stereocenters. The summed E-state index contributed by atoms with van der Waals surface area (Å²) in [6.07, 6.45) is 1.41. The fraction of sp³-hybridized carbons (Fsp3) is 0.136. The minimum absolute atomic E-state index is 0.153. The van der Waals surface area contributed by atoms with Crippen LogP contribution in [-0.2, 0) is 11.3 Å². The average Bonchev–Trinajstić information content (AvgIpc) is 3.21. The Hall–Kier alpha value is -3.65. The van der Waals surface area contributed by atoms with Crippen LogP contribution in [0.3, 0.4) is 0 Å². The van der Waals surface area contributed by atoms with Crippen LogP contribution in [0.5, 0.6) is 11.5 Å². The Kier molecular flexibility index (Phi) is 5.49. The van der Waals surface area contributed by atoms with Crippen LogP contribution in [0.2, 0.25) is 0 Å². The highest BCUT2D eigenvalue weighted by Gasteiger charge is 2.14. The maximum absolute atomic E-state index is 12.9. The molecule has 2 aromatic carbocycles. The van der Waals surface area contributed by atoms with E-state index in [2.05, 4.69) is 10.3 Å². The predicted octanol–water partition coefficient (Wildman–Crippen LogP) is 3.78. The van der Waals surface area contributed by atoms with Crippen molar-refractivity contribution in [2.45, 2.75) is 6.54 Å². The van der Waals surface area contributed by atoms with Crippen LogP contribution in [0.4, 0.5) is 5.69 Å². The van der Waals surface area contributed by atoms with Crippen LogP contribution in [0.25, 0.3) is 21.3 Å². The van der Waals surface area contributed by atoms with E-state index in [1.165, 1.54) is 36.5 Å². The van der Waals surface area contributed by atoms with E-state index in [4.69, 9.17) is 9.47 Å². The molecule has 4 rings (SSSR count). The highest BCUT2D eigenvalue weighted by molar-refractivity contribution is 7.17. The van der Waals surface area contributed by atoms with Crippen LogP contribution in [0.15, 0.2) is 65.0 Å². The van der Waals surface area contributed by atoms with Crippen LogP contribution in [0, 0.1) is 0 Å². The number of nitrogens with zero attached hydrogens (tertiary/aromatic N) is 2. The van der Waals surface area contributed by atoms with E-state index in [-0.39, 0.29) is 18.0 Å². The van der Waals surface area contributed by atoms with E-state index in [1.54, 1.807) is 18.2 Å². The third kappa shape index (κ3) is 3.90. The smallest absolute Gasteiger partial charge is 0.271 e. The molecule has 0 bridgehead atoms. The Morgan fingerprint density at radius 1 is 1.10 bits per heavy atom. The van der Waals surface area contributed by atoms with Gasteiger partial charge in [0.05, 0.1) is 26.1 Å². The molecule has 0 saturated heterocycles. The lowest BCUT2D eigenvalue weighted by molar-refractivity contribution is -0.116. The van der Waals surface area contributed by atoms with Gasteiger partial charge in [-0.15, -0.1) is 11.3 Å². The number of aromatic nitrogens is 2. The molecule has 8 heteroatoms. The SMILES string of the molecule is COc1cc(NC(=O)Cn2cnc3c(-c4ccccc4)csc3c2=O)cc(OC)c1. The van der Waals surface area contributed by atoms with Crippen molar-refractivity contribution in [1.82, 2.24) is 9.55 Å². The summed E-state index contributed by atoms with van der Waals surface area (Å²) in [6, 6.07) is 14.8. The minimum atomic E-state index is -0.353. The number of anilines is 1. The molecule has 0 saturated carbocycles. The molecule has 7 nitrogen and oxygen atoms in total. The topological polar surface area (TPSA) is 82.5 Å². The Bertz CT molecular complexity index is 1240. The van der Waals surface area contributed by atoms with Gasteiger partial charge in [-0.05, 0) is 5.56 Å². The second-order valence-corrected chi connectivity index (χ2v) is 7.40. The molecule has 0 aliphatic rings. The molecule has 1 N–H and O–H groups in total. The fourth-order valence-electron chi connectivity index (χ4n) is 3.11. The van der Waals surface area contributed by atoms with Crippen molar-refractivity contribution in [2.24, 2.45) is 0 Å². The van der Waals surface area contributed by atoms with Crippen molar-refractivity contribution in [3.63, 3.8) is 0 Å². The quantitative estimate of drug-likeness (QED) is 0.512. The Morgan fingerprint density at radius 3 is 2.47 bits per heavy atom. The van der Waals surface area contributed by atoms with Gasteiger partial charge in [-0.25, -0.2) is 4.98 Å². The zero-order valence-corrected chi connectivity index (χ0v) is 17.2. The molecule has 30 heavy (non-hydrogen) atoms. The van der Waals surface area contributed by atoms with Gasteiger partial charge < -0.3 is 14.8 Å². The van der Waals surface area contributed by atoms with Crippen LogP contribution >= 0.6 is 11.3 Å². The van der Waals surface area contributed by atoms with Crippen molar-refractivity contribution in [3.05, 3.63) is 70.6 Å². The van der Waals surface area contributed by atoms with Gasteiger partial charge in [-0.1, -0.05) is 30.3 Å². The van der Waals surface area contributed by atoms with Crippen molar-refractivity contribution < 1.29 is 14.3 Å². The number of thiophene rings is 1. The monoisotopic (exact) mass is 421 g/mol. The van der Waals surface area contributed by atoms with Crippen molar-refractivity contribution in [1.29, 1.82) is 0 Å². The molecule has 1 amide bonds. The maximum atomic E-state index is 12.9. The molecule has 2 aromatic heterocycles. The number of hydrogen-bond donors (Lipinski definition) is 1. The van der Waals surface area contributed by atoms with E-state index in [1.807, 2.05) is 35.7 Å². The molecule has 0 spiro atoms. The number of hydrogen-bond acceptors (Lipinski definition) is 6. The number of ether oxygens (including phenoxy) is 2. The normalized spacial score (nSPS) is 10.7. The molecule has 0 fully saturated rings. The van der Waals surface area contributed by atoms with E-state index < -0.39 is 0 Å². The molecule has 0 atom stereocenters. The largest absolute Gasteiger partial charge is 0.497 e. The van der Waals surface area contributed by atoms with Crippen LogP contribution in [-0.4, -0.2) is 29.7 Å². The standard InChI is InChI=1S/C22H19N3O4S/c1-28-16-8-15(9-17(10-16)29-2)24-19(26)11-25-13-23-20-18(12-30-21(20)22(25)27)14-6-4-3-5-7-14/h3-10,12-13H,11H2,1-2H3,(H,24,26). The van der Waals surface area contributed by atoms with Crippen LogP contribution < -0.4 is 20.3 Å². The highest BCUT2D eigenvalue weighted by Crippen LogP contribution is 2.30. The number of rotatable bonds is 6. The number of nitrogens with one attached hydrogen (secondary N) is 1. The second kappa shape index (κ2) is 8.38. The first-order valence-corrected chi connectivity index (χ1v) is 10.0. The van der Waals surface area contributed by atoms with Crippen molar-refractivity contribution in [2.75, 3.05) is 19.5 Å². The van der Waals surface area contributed by atoms with Gasteiger partial charge in [0.15, 0.2) is 0 Å². The molecule has 4 aromatic rings. The van der Waals surface area contributed by atoms with E-state index in [0.717, 1.165) is 11.1 Å². The molecule has 2 heterocycles. The molecular weight excluding hydrogens is 402 g/mol. The third-order valence-electron chi connectivity index (χ3n) is 4.58. The lowest BCUT2D eigenvalue weighted by Crippen LogP contribution is -2.27. The zero-order chi connectivity index (χ0) is 21.1. The summed E-state index contributed by atoms with van der Waals surface area (Å²) in [4.78, 5) is 29.8. The molecule has 0 aliphatic carbocycles. The fourth-order valence-corrected chi connectivity index (χ4v) is 4.09. The maximum Gasteiger partial charge on any atom is 0.271 e. The summed E-state index contributed by atoms with van der Waals surface area (Å²) >= 11 is 1.33. The van der Waals surface area contributed by atoms with Gasteiger partial charge in [0.2, 0.25) is 5.91 Å². The molecule has 0 radical (unpaired) electrons. The van der Waals surface area contributed by atoms with Crippen molar-refractivity contribution >= 4 is 33.1 Å². The van der Waals surface area contributed by atoms with E-state index >= 15 is 0 Å². The van der Waals surface area contributed by atoms with Crippen molar-refractivity contribution in [3.8, 4) is 22.6 Å². The number of fused-ring (bicyclic) bond motifs is 1. The summed E-state index contributed by atoms with van der Waals surface area (Å²) in [5.41, 5.74) is 2.82. The summed E-state index contributed by atoms with van der Waals surface area (Å²) in [5, 5.41) is 4.68. The average molecular weight is 421 g/mol. The highest BCUT2D eigenvalue weighted by atomic mass is 32.1. The number of methoxy groups -OCH3 is 2. The van der Waals surface area contributed by atoms with Gasteiger partial charge in [0.25, 0.3) is 5.56 Å². The zero-order valence-electron chi connectivity index (χ0n) is 16.4. The first-order valence-electron chi connectivity index (χ1n) is 9.14. The summed E-state index contributed by atoms with van der Waals surface area (Å²) in [5.74, 6) is 0.752. The van der Waals surface area contributed by atoms with Crippen LogP contribution in [0.1, 0.15) is 0 Å². The lowest BCUT2D eigenvalue weighted by atomic mass is 10.1. The van der Waals surface area contributed by atoms with Gasteiger partial charge in [-0.2, -0.15) is 0 Å². The number of carbonyl (C=O) groups excluding carboxylic acids is 1. The lowest BCUT2D eigenvalue weighted by Gasteiger charge is -2.10. The number of carbonyl (C=O) groups is 1. The molecule has 0 aliphatic heterocycles. The Labute approximate surface area is 176 Å². The molecule has 152 valence electrons. The summed E-state index contributed by atoms with van der Waals surface area (Å²) in [7, 11) is 3.07. The van der Waals surface area contributed by atoms with E-state index in [0.29, 0.717) is 27.4 Å². The first kappa shape index (κ1) is 19.7. The van der Waals surface area contributed by atoms with Gasteiger partial charge in [-0.3, -0.25) is 14.2 Å². The Morgan fingerprint density at radius 2 is 1.80 bits per heavy atom. The molecular formula is C22H19N3O4S. The van der Waals surface area contributed by atoms with E-state index in [9.17, 15) is 9.59 Å². The first-order chi connectivity index (χ1) is 14.6. The summed E-state index contributed by atoms with van der Waals surface area (Å²) in [6.45, 7) is -0.153. The van der Waals surface area contributed by atoms with Gasteiger partial charge >= 0.3 is 0 Å².